The second-order valence-corrected chi connectivity index (χ2v) is 5.74. The van der Waals surface area contributed by atoms with Crippen LogP contribution in [0, 0.1) is 20.8 Å². The smallest absolute Gasteiger partial charge is 0.0210 e. The highest BCUT2D eigenvalue weighted by atomic mass is 15.1. The third-order valence-electron chi connectivity index (χ3n) is 3.60. The van der Waals surface area contributed by atoms with Crippen LogP contribution in [0.25, 0.3) is 0 Å². The monoisotopic (exact) mass is 248 g/mol. The maximum Gasteiger partial charge on any atom is 0.0210 e. The highest BCUT2D eigenvalue weighted by Crippen LogP contribution is 2.15. The quantitative estimate of drug-likeness (QED) is 0.832. The number of benzene rings is 1. The fourth-order valence-corrected chi connectivity index (χ4v) is 2.05. The molecule has 102 valence electrons. The summed E-state index contributed by atoms with van der Waals surface area (Å²) in [4.78, 5) is 2.24. The van der Waals surface area contributed by atoms with E-state index in [0.717, 1.165) is 13.1 Å². The molecule has 1 aromatic carbocycles. The lowest BCUT2D eigenvalue weighted by molar-refractivity contribution is 0.365. The lowest BCUT2D eigenvalue weighted by Gasteiger charge is -2.18. The maximum absolute atomic E-state index is 3.62. The van der Waals surface area contributed by atoms with Crippen LogP contribution in [-0.4, -0.2) is 31.6 Å². The van der Waals surface area contributed by atoms with Crippen LogP contribution in [0.3, 0.4) is 0 Å². The molecule has 0 fully saturated rings. The third kappa shape index (κ3) is 4.79. The normalized spacial score (nSPS) is 13.1. The van der Waals surface area contributed by atoms with Gasteiger partial charge in [-0.2, -0.15) is 0 Å². The van der Waals surface area contributed by atoms with E-state index in [1.807, 2.05) is 0 Å². The van der Waals surface area contributed by atoms with E-state index >= 15 is 0 Å². The molecule has 0 spiro atoms. The summed E-state index contributed by atoms with van der Waals surface area (Å²) in [6.07, 6.45) is 1.19. The van der Waals surface area contributed by atoms with Gasteiger partial charge in [0, 0.05) is 12.6 Å². The van der Waals surface area contributed by atoms with Crippen molar-refractivity contribution in [2.75, 3.05) is 20.6 Å². The van der Waals surface area contributed by atoms with E-state index in [1.54, 1.807) is 0 Å². The number of nitrogens with one attached hydrogen (secondary N) is 1. The molecule has 1 N–H and O–H groups in total. The van der Waals surface area contributed by atoms with Crippen LogP contribution in [0.1, 0.15) is 35.6 Å². The van der Waals surface area contributed by atoms with Crippen molar-refractivity contribution in [3.05, 3.63) is 34.4 Å². The van der Waals surface area contributed by atoms with Crippen LogP contribution < -0.4 is 5.32 Å². The Morgan fingerprint density at radius 2 is 1.67 bits per heavy atom. The van der Waals surface area contributed by atoms with E-state index in [-0.39, 0.29) is 0 Å². The first-order valence-corrected chi connectivity index (χ1v) is 6.85. The molecule has 0 saturated heterocycles. The molecule has 0 aromatic heterocycles. The average molecular weight is 248 g/mol. The van der Waals surface area contributed by atoms with Crippen molar-refractivity contribution in [3.63, 3.8) is 0 Å². The average Bonchev–Trinajstić information content (AvgIpc) is 2.29. The van der Waals surface area contributed by atoms with Crippen molar-refractivity contribution in [1.29, 1.82) is 0 Å². The molecule has 2 heteroatoms. The molecule has 18 heavy (non-hydrogen) atoms. The number of rotatable bonds is 6. The summed E-state index contributed by atoms with van der Waals surface area (Å²) >= 11 is 0. The lowest BCUT2D eigenvalue weighted by Crippen LogP contribution is -2.29. The minimum Gasteiger partial charge on any atom is -0.310 e. The van der Waals surface area contributed by atoms with E-state index in [9.17, 15) is 0 Å². The Hall–Kier alpha value is -0.860. The minimum absolute atomic E-state index is 0.563. The Bertz CT molecular complexity index is 383. The van der Waals surface area contributed by atoms with Crippen LogP contribution in [-0.2, 0) is 6.54 Å². The predicted molar refractivity (Wildman–Crippen MR) is 80.1 cm³/mol. The molecule has 0 radical (unpaired) electrons. The van der Waals surface area contributed by atoms with Gasteiger partial charge in [-0.25, -0.2) is 0 Å². The van der Waals surface area contributed by atoms with E-state index in [0.29, 0.717) is 6.04 Å². The third-order valence-corrected chi connectivity index (χ3v) is 3.60. The molecule has 0 bridgehead atoms. The Morgan fingerprint density at radius 1 is 1.06 bits per heavy atom. The fraction of sp³-hybridized carbons (Fsp3) is 0.625. The van der Waals surface area contributed by atoms with Gasteiger partial charge in [-0.3, -0.25) is 0 Å². The van der Waals surface area contributed by atoms with E-state index < -0.39 is 0 Å². The van der Waals surface area contributed by atoms with E-state index in [2.05, 4.69) is 64.1 Å². The van der Waals surface area contributed by atoms with Gasteiger partial charge in [-0.05, 0) is 77.0 Å². The van der Waals surface area contributed by atoms with E-state index in [4.69, 9.17) is 0 Å². The summed E-state index contributed by atoms with van der Waals surface area (Å²) in [6.45, 7) is 10.9. The Labute approximate surface area is 112 Å². The zero-order chi connectivity index (χ0) is 13.7. The summed E-state index contributed by atoms with van der Waals surface area (Å²) < 4.78 is 0. The Kier molecular flexibility index (Phi) is 5.83. The Morgan fingerprint density at radius 3 is 2.28 bits per heavy atom. The molecule has 0 aliphatic heterocycles. The van der Waals surface area contributed by atoms with Crippen molar-refractivity contribution in [3.8, 4) is 0 Å². The van der Waals surface area contributed by atoms with Gasteiger partial charge in [-0.15, -0.1) is 0 Å². The molecule has 0 heterocycles. The van der Waals surface area contributed by atoms with Gasteiger partial charge in [0.05, 0.1) is 0 Å². The zero-order valence-electron chi connectivity index (χ0n) is 12.8. The van der Waals surface area contributed by atoms with Gasteiger partial charge >= 0.3 is 0 Å². The highest BCUT2D eigenvalue weighted by molar-refractivity contribution is 5.36. The van der Waals surface area contributed by atoms with Crippen LogP contribution in [0.5, 0.6) is 0 Å². The van der Waals surface area contributed by atoms with Crippen LogP contribution in [0.2, 0.25) is 0 Å². The van der Waals surface area contributed by atoms with Gasteiger partial charge in [0.15, 0.2) is 0 Å². The molecule has 2 nitrogen and oxygen atoms in total. The van der Waals surface area contributed by atoms with Gasteiger partial charge in [0.1, 0.15) is 0 Å². The van der Waals surface area contributed by atoms with Crippen molar-refractivity contribution < 1.29 is 0 Å². The van der Waals surface area contributed by atoms with Crippen molar-refractivity contribution in [1.82, 2.24) is 10.2 Å². The van der Waals surface area contributed by atoms with Crippen LogP contribution in [0.4, 0.5) is 0 Å². The summed E-state index contributed by atoms with van der Waals surface area (Å²) in [7, 11) is 4.25. The summed E-state index contributed by atoms with van der Waals surface area (Å²) in [5.74, 6) is 0. The molecule has 1 rings (SSSR count). The van der Waals surface area contributed by atoms with Gasteiger partial charge in [0.2, 0.25) is 0 Å². The highest BCUT2D eigenvalue weighted by Gasteiger charge is 2.05. The fourth-order valence-electron chi connectivity index (χ4n) is 2.05. The maximum atomic E-state index is 3.62. The minimum atomic E-state index is 0.563. The predicted octanol–water partition coefficient (Wildman–Crippen LogP) is 3.04. The molecule has 0 amide bonds. The molecule has 0 aliphatic carbocycles. The first-order chi connectivity index (χ1) is 8.40. The SMILES string of the molecule is Cc1cc(C)c(CNC(C)CCN(C)C)cc1C. The number of hydrogen-bond acceptors (Lipinski definition) is 2. The van der Waals surface area contributed by atoms with E-state index in [1.165, 1.54) is 28.7 Å². The number of aryl methyl sites for hydroxylation is 3. The standard InChI is InChI=1S/C16H28N2/c1-12-9-14(3)16(10-13(12)2)11-17-15(4)7-8-18(5)6/h9-10,15,17H,7-8,11H2,1-6H3. The topological polar surface area (TPSA) is 15.3 Å². The second-order valence-electron chi connectivity index (χ2n) is 5.74. The number of hydrogen-bond donors (Lipinski definition) is 1. The molecule has 1 unspecified atom stereocenters. The summed E-state index contributed by atoms with van der Waals surface area (Å²) in [6, 6.07) is 5.17. The lowest BCUT2D eigenvalue weighted by atomic mass is 10.0. The van der Waals surface area contributed by atoms with Crippen molar-refractivity contribution >= 4 is 0 Å². The largest absolute Gasteiger partial charge is 0.310 e. The molecule has 1 aromatic rings. The molecule has 0 saturated carbocycles. The summed E-state index contributed by atoms with van der Waals surface area (Å²) in [5, 5.41) is 3.62. The van der Waals surface area contributed by atoms with Gasteiger partial charge in [0.25, 0.3) is 0 Å². The van der Waals surface area contributed by atoms with Gasteiger partial charge in [-0.1, -0.05) is 12.1 Å². The van der Waals surface area contributed by atoms with Gasteiger partial charge < -0.3 is 10.2 Å². The molecular weight excluding hydrogens is 220 g/mol. The zero-order valence-corrected chi connectivity index (χ0v) is 12.8. The van der Waals surface area contributed by atoms with Crippen LogP contribution >= 0.6 is 0 Å². The molecule has 0 aliphatic rings. The Balaban J connectivity index is 2.50. The molecular formula is C16H28N2. The second kappa shape index (κ2) is 6.91. The summed E-state index contributed by atoms with van der Waals surface area (Å²) in [5.41, 5.74) is 5.59. The molecule has 1 atom stereocenters. The van der Waals surface area contributed by atoms with Crippen molar-refractivity contribution in [2.45, 2.75) is 46.7 Å². The van der Waals surface area contributed by atoms with Crippen LogP contribution in [0.15, 0.2) is 12.1 Å². The first-order valence-electron chi connectivity index (χ1n) is 6.85. The first kappa shape index (κ1) is 15.2. The van der Waals surface area contributed by atoms with Crippen molar-refractivity contribution in [2.24, 2.45) is 0 Å². The number of nitrogens with zero attached hydrogens (tertiary/aromatic N) is 1.